The molecular weight excluding hydrogens is 160 g/mol. The van der Waals surface area contributed by atoms with E-state index in [-0.39, 0.29) is 5.78 Å². The normalized spacial score (nSPS) is 12.4. The van der Waals surface area contributed by atoms with E-state index < -0.39 is 0 Å². The Morgan fingerprint density at radius 2 is 1.92 bits per heavy atom. The molecule has 0 atom stereocenters. The summed E-state index contributed by atoms with van der Waals surface area (Å²) < 4.78 is 0. The maximum atomic E-state index is 11.2. The first-order valence-corrected chi connectivity index (χ1v) is 5.08. The molecule has 0 rings (SSSR count). The summed E-state index contributed by atoms with van der Waals surface area (Å²) in [6.07, 6.45) is 9.56. The molecule has 0 fully saturated rings. The summed E-state index contributed by atoms with van der Waals surface area (Å²) in [5.74, 6) is 0.124. The lowest BCUT2D eigenvalue weighted by molar-refractivity contribution is -0.110. The minimum Gasteiger partial charge on any atom is -0.290 e. The quantitative estimate of drug-likeness (QED) is 0.570. The highest BCUT2D eigenvalue weighted by molar-refractivity contribution is 5.99. The minimum absolute atomic E-state index is 0.124. The van der Waals surface area contributed by atoms with Crippen molar-refractivity contribution in [3.05, 3.63) is 23.8 Å². The van der Waals surface area contributed by atoms with Crippen LogP contribution >= 0.6 is 0 Å². The van der Waals surface area contributed by atoms with Crippen molar-refractivity contribution in [3.8, 4) is 0 Å². The zero-order valence-corrected chi connectivity index (χ0v) is 8.97. The Kier molecular flexibility index (Phi) is 7.27. The molecular formula is C12H20O. The Balaban J connectivity index is 3.91. The molecule has 0 unspecified atom stereocenters. The summed E-state index contributed by atoms with van der Waals surface area (Å²) in [4.78, 5) is 11.2. The number of hydrogen-bond donors (Lipinski definition) is 0. The van der Waals surface area contributed by atoms with Crippen LogP contribution in [-0.4, -0.2) is 5.78 Å². The molecule has 0 radical (unpaired) electrons. The summed E-state index contributed by atoms with van der Waals surface area (Å²) in [7, 11) is 0. The number of unbranched alkanes of at least 4 members (excludes halogenated alkanes) is 1. The molecule has 0 aliphatic heterocycles. The van der Waals surface area contributed by atoms with Crippen molar-refractivity contribution in [2.24, 2.45) is 0 Å². The van der Waals surface area contributed by atoms with Crippen LogP contribution in [0.15, 0.2) is 23.8 Å². The second kappa shape index (κ2) is 7.78. The Hall–Kier alpha value is -0.850. The highest BCUT2D eigenvalue weighted by Crippen LogP contribution is 2.03. The highest BCUT2D eigenvalue weighted by atomic mass is 16.1. The van der Waals surface area contributed by atoms with Gasteiger partial charge >= 0.3 is 0 Å². The smallest absolute Gasteiger partial charge is 0.178 e. The van der Waals surface area contributed by atoms with Crippen molar-refractivity contribution in [2.75, 3.05) is 0 Å². The SMILES string of the molecule is CCC/C=C/C(=O)/C=C(\C)CCC. The molecule has 0 spiro atoms. The molecule has 0 aromatic rings. The van der Waals surface area contributed by atoms with Gasteiger partial charge in [0.2, 0.25) is 0 Å². The van der Waals surface area contributed by atoms with Gasteiger partial charge in [-0.25, -0.2) is 0 Å². The van der Waals surface area contributed by atoms with E-state index in [1.165, 1.54) is 5.57 Å². The van der Waals surface area contributed by atoms with Crippen LogP contribution in [0, 0.1) is 0 Å². The van der Waals surface area contributed by atoms with E-state index in [9.17, 15) is 4.79 Å². The largest absolute Gasteiger partial charge is 0.290 e. The first kappa shape index (κ1) is 12.2. The van der Waals surface area contributed by atoms with Crippen molar-refractivity contribution in [1.29, 1.82) is 0 Å². The lowest BCUT2D eigenvalue weighted by Gasteiger charge is -1.94. The summed E-state index contributed by atoms with van der Waals surface area (Å²) in [5.41, 5.74) is 1.17. The number of carbonyl (C=O) groups is 1. The van der Waals surface area contributed by atoms with Crippen LogP contribution in [0.4, 0.5) is 0 Å². The van der Waals surface area contributed by atoms with Gasteiger partial charge in [0, 0.05) is 0 Å². The van der Waals surface area contributed by atoms with Crippen LogP contribution in [0.25, 0.3) is 0 Å². The topological polar surface area (TPSA) is 17.1 Å². The third-order valence-electron chi connectivity index (χ3n) is 1.77. The zero-order valence-electron chi connectivity index (χ0n) is 8.97. The Bertz CT molecular complexity index is 199. The number of hydrogen-bond acceptors (Lipinski definition) is 1. The van der Waals surface area contributed by atoms with Crippen molar-refractivity contribution in [3.63, 3.8) is 0 Å². The average molecular weight is 180 g/mol. The van der Waals surface area contributed by atoms with E-state index >= 15 is 0 Å². The maximum Gasteiger partial charge on any atom is 0.178 e. The van der Waals surface area contributed by atoms with Crippen LogP contribution in [0.2, 0.25) is 0 Å². The van der Waals surface area contributed by atoms with Crippen LogP contribution in [0.5, 0.6) is 0 Å². The van der Waals surface area contributed by atoms with Gasteiger partial charge in [-0.05, 0) is 31.9 Å². The lowest BCUT2D eigenvalue weighted by Crippen LogP contribution is -1.88. The number of ketones is 1. The Morgan fingerprint density at radius 1 is 1.23 bits per heavy atom. The standard InChI is InChI=1S/C12H20O/c1-4-6-7-9-12(13)10-11(3)8-5-2/h7,9-10H,4-6,8H2,1-3H3/b9-7+,11-10+. The summed E-state index contributed by atoms with van der Waals surface area (Å²) in [6, 6.07) is 0. The van der Waals surface area contributed by atoms with Crippen LogP contribution in [0.1, 0.15) is 46.5 Å². The number of rotatable bonds is 6. The average Bonchev–Trinajstić information content (AvgIpc) is 2.05. The van der Waals surface area contributed by atoms with E-state index in [0.717, 1.165) is 25.7 Å². The van der Waals surface area contributed by atoms with Gasteiger partial charge in [-0.1, -0.05) is 38.3 Å². The van der Waals surface area contributed by atoms with Gasteiger partial charge in [-0.2, -0.15) is 0 Å². The molecule has 0 N–H and O–H groups in total. The van der Waals surface area contributed by atoms with E-state index in [2.05, 4.69) is 13.8 Å². The third-order valence-corrected chi connectivity index (χ3v) is 1.77. The molecule has 1 heteroatoms. The van der Waals surface area contributed by atoms with Gasteiger partial charge < -0.3 is 0 Å². The molecule has 0 aliphatic rings. The summed E-state index contributed by atoms with van der Waals surface area (Å²) in [5, 5.41) is 0. The maximum absolute atomic E-state index is 11.2. The highest BCUT2D eigenvalue weighted by Gasteiger charge is 1.92. The second-order valence-electron chi connectivity index (χ2n) is 3.33. The molecule has 0 aliphatic carbocycles. The molecule has 0 saturated carbocycles. The monoisotopic (exact) mass is 180 g/mol. The van der Waals surface area contributed by atoms with E-state index in [1.807, 2.05) is 13.0 Å². The molecule has 0 aromatic carbocycles. The van der Waals surface area contributed by atoms with Gasteiger partial charge in [0.05, 0.1) is 0 Å². The molecule has 74 valence electrons. The molecule has 0 bridgehead atoms. The molecule has 0 aromatic heterocycles. The van der Waals surface area contributed by atoms with Gasteiger partial charge in [-0.3, -0.25) is 4.79 Å². The van der Waals surface area contributed by atoms with E-state index in [4.69, 9.17) is 0 Å². The molecule has 0 heterocycles. The number of carbonyl (C=O) groups excluding carboxylic acids is 1. The van der Waals surface area contributed by atoms with Crippen LogP contribution in [0.3, 0.4) is 0 Å². The van der Waals surface area contributed by atoms with Crippen LogP contribution in [-0.2, 0) is 4.79 Å². The number of allylic oxidation sites excluding steroid dienone is 4. The Labute approximate surface area is 81.5 Å². The lowest BCUT2D eigenvalue weighted by atomic mass is 10.1. The summed E-state index contributed by atoms with van der Waals surface area (Å²) >= 11 is 0. The molecule has 0 saturated heterocycles. The summed E-state index contributed by atoms with van der Waals surface area (Å²) in [6.45, 7) is 6.23. The van der Waals surface area contributed by atoms with Gasteiger partial charge in [0.25, 0.3) is 0 Å². The van der Waals surface area contributed by atoms with Crippen molar-refractivity contribution < 1.29 is 4.79 Å². The van der Waals surface area contributed by atoms with Crippen molar-refractivity contribution in [1.82, 2.24) is 0 Å². The molecule has 13 heavy (non-hydrogen) atoms. The van der Waals surface area contributed by atoms with Gasteiger partial charge in [-0.15, -0.1) is 0 Å². The third kappa shape index (κ3) is 7.51. The Morgan fingerprint density at radius 3 is 2.46 bits per heavy atom. The van der Waals surface area contributed by atoms with Crippen molar-refractivity contribution in [2.45, 2.75) is 46.5 Å². The first-order chi connectivity index (χ1) is 6.20. The van der Waals surface area contributed by atoms with Gasteiger partial charge in [0.1, 0.15) is 0 Å². The second-order valence-corrected chi connectivity index (χ2v) is 3.33. The van der Waals surface area contributed by atoms with E-state index in [0.29, 0.717) is 0 Å². The predicted molar refractivity (Wildman–Crippen MR) is 57.7 cm³/mol. The zero-order chi connectivity index (χ0) is 10.1. The fraction of sp³-hybridized carbons (Fsp3) is 0.583. The first-order valence-electron chi connectivity index (χ1n) is 5.08. The fourth-order valence-corrected chi connectivity index (χ4v) is 1.12. The predicted octanol–water partition coefficient (Wildman–Crippen LogP) is 3.66. The van der Waals surface area contributed by atoms with Gasteiger partial charge in [0.15, 0.2) is 5.78 Å². The molecule has 0 amide bonds. The van der Waals surface area contributed by atoms with Crippen molar-refractivity contribution >= 4 is 5.78 Å². The van der Waals surface area contributed by atoms with Crippen LogP contribution < -0.4 is 0 Å². The minimum atomic E-state index is 0.124. The molecule has 1 nitrogen and oxygen atoms in total. The fourth-order valence-electron chi connectivity index (χ4n) is 1.12. The van der Waals surface area contributed by atoms with E-state index in [1.54, 1.807) is 12.2 Å².